The lowest BCUT2D eigenvalue weighted by Gasteiger charge is -2.19. The van der Waals surface area contributed by atoms with Gasteiger partial charge in [0.05, 0.1) is 5.56 Å². The average Bonchev–Trinajstić information content (AvgIpc) is 2.41. The zero-order valence-electron chi connectivity index (χ0n) is 12.8. The van der Waals surface area contributed by atoms with Gasteiger partial charge in [0.2, 0.25) is 0 Å². The predicted octanol–water partition coefficient (Wildman–Crippen LogP) is 1.64. The Morgan fingerprint density at radius 2 is 1.50 bits per heavy atom. The van der Waals surface area contributed by atoms with Crippen LogP contribution in [0.1, 0.15) is 41.5 Å². The first-order chi connectivity index (χ1) is 10.2. The Morgan fingerprint density at radius 3 is 2.00 bits per heavy atom. The molecule has 0 heterocycles. The van der Waals surface area contributed by atoms with E-state index < -0.39 is 17.7 Å². The van der Waals surface area contributed by atoms with Gasteiger partial charge < -0.3 is 20.5 Å². The summed E-state index contributed by atoms with van der Waals surface area (Å²) < 4.78 is 5.05. The van der Waals surface area contributed by atoms with E-state index in [1.165, 1.54) is 24.3 Å². The molecule has 0 bridgehead atoms. The molecule has 0 spiro atoms. The average molecular weight is 308 g/mol. The monoisotopic (exact) mass is 308 g/mol. The Labute approximate surface area is 128 Å². The molecule has 0 saturated carbocycles. The number of hydrogen-bond donors (Lipinski definition) is 3. The molecule has 1 aromatic rings. The topological polar surface area (TPSA) is 105 Å². The molecule has 2 amide bonds. The number of ether oxygens (including phenoxy) is 1. The Kier molecular flexibility index (Phi) is 5.91. The van der Waals surface area contributed by atoms with E-state index in [0.29, 0.717) is 5.56 Å². The molecular weight excluding hydrogens is 288 g/mol. The Balaban J connectivity index is 2.34. The summed E-state index contributed by atoms with van der Waals surface area (Å²) in [7, 11) is 0. The molecule has 0 radical (unpaired) electrons. The molecule has 0 aliphatic heterocycles. The van der Waals surface area contributed by atoms with E-state index in [0.717, 1.165) is 0 Å². The van der Waals surface area contributed by atoms with Crippen molar-refractivity contribution in [2.75, 3.05) is 13.1 Å². The van der Waals surface area contributed by atoms with E-state index in [-0.39, 0.29) is 24.6 Å². The highest BCUT2D eigenvalue weighted by molar-refractivity contribution is 5.95. The molecule has 7 nitrogen and oxygen atoms in total. The van der Waals surface area contributed by atoms with E-state index in [2.05, 4.69) is 10.6 Å². The number of hydrogen-bond acceptors (Lipinski definition) is 4. The third-order valence-corrected chi connectivity index (χ3v) is 2.47. The summed E-state index contributed by atoms with van der Waals surface area (Å²) >= 11 is 0. The molecule has 0 aliphatic carbocycles. The summed E-state index contributed by atoms with van der Waals surface area (Å²) in [6.45, 7) is 5.74. The lowest BCUT2D eigenvalue weighted by molar-refractivity contribution is 0.0526. The third-order valence-electron chi connectivity index (χ3n) is 2.47. The van der Waals surface area contributed by atoms with Gasteiger partial charge in [0.25, 0.3) is 5.91 Å². The second-order valence-electron chi connectivity index (χ2n) is 5.57. The number of amides is 2. The number of aromatic carboxylic acids is 1. The van der Waals surface area contributed by atoms with Gasteiger partial charge in [0, 0.05) is 18.7 Å². The first kappa shape index (κ1) is 17.5. The van der Waals surface area contributed by atoms with Gasteiger partial charge in [-0.15, -0.1) is 0 Å². The lowest BCUT2D eigenvalue weighted by Crippen LogP contribution is -2.37. The van der Waals surface area contributed by atoms with E-state index in [1.807, 2.05) is 0 Å². The smallest absolute Gasteiger partial charge is 0.407 e. The number of benzene rings is 1. The minimum Gasteiger partial charge on any atom is -0.478 e. The van der Waals surface area contributed by atoms with Crippen molar-refractivity contribution in [3.8, 4) is 0 Å². The summed E-state index contributed by atoms with van der Waals surface area (Å²) in [5.74, 6) is -1.39. The van der Waals surface area contributed by atoms with Crippen molar-refractivity contribution in [1.29, 1.82) is 0 Å². The van der Waals surface area contributed by atoms with E-state index in [1.54, 1.807) is 20.8 Å². The normalized spacial score (nSPS) is 10.7. The van der Waals surface area contributed by atoms with Gasteiger partial charge >= 0.3 is 12.1 Å². The standard InChI is InChI=1S/C15H20N2O5/c1-15(2,3)22-14(21)17-9-8-16-12(18)10-4-6-11(7-5-10)13(19)20/h4-7H,8-9H2,1-3H3,(H,16,18)(H,17,21)(H,19,20). The van der Waals surface area contributed by atoms with Crippen molar-refractivity contribution < 1.29 is 24.2 Å². The summed E-state index contributed by atoms with van der Waals surface area (Å²) in [5, 5.41) is 13.9. The van der Waals surface area contributed by atoms with E-state index >= 15 is 0 Å². The van der Waals surface area contributed by atoms with Crippen molar-refractivity contribution in [2.24, 2.45) is 0 Å². The largest absolute Gasteiger partial charge is 0.478 e. The van der Waals surface area contributed by atoms with Crippen molar-refractivity contribution in [2.45, 2.75) is 26.4 Å². The summed E-state index contributed by atoms with van der Waals surface area (Å²) in [4.78, 5) is 33.9. The molecule has 1 aromatic carbocycles. The molecule has 0 fully saturated rings. The van der Waals surface area contributed by atoms with Gasteiger partial charge in [-0.3, -0.25) is 4.79 Å². The number of carboxylic acid groups (broad SMARTS) is 1. The van der Waals surface area contributed by atoms with Crippen LogP contribution in [0.4, 0.5) is 4.79 Å². The quantitative estimate of drug-likeness (QED) is 0.717. The van der Waals surface area contributed by atoms with Crippen LogP contribution in [-0.4, -0.2) is 41.8 Å². The molecular formula is C15H20N2O5. The van der Waals surface area contributed by atoms with Crippen LogP contribution in [0.15, 0.2) is 24.3 Å². The maximum absolute atomic E-state index is 11.8. The van der Waals surface area contributed by atoms with Gasteiger partial charge in [0.1, 0.15) is 5.60 Å². The second-order valence-corrected chi connectivity index (χ2v) is 5.57. The molecule has 3 N–H and O–H groups in total. The fraction of sp³-hybridized carbons (Fsp3) is 0.400. The van der Waals surface area contributed by atoms with Crippen LogP contribution in [-0.2, 0) is 4.74 Å². The Bertz CT molecular complexity index is 546. The molecule has 1 rings (SSSR count). The summed E-state index contributed by atoms with van der Waals surface area (Å²) in [6, 6.07) is 5.58. The number of rotatable bonds is 5. The molecule has 7 heteroatoms. The summed E-state index contributed by atoms with van der Waals surface area (Å²) in [6.07, 6.45) is -0.549. The minimum absolute atomic E-state index is 0.114. The van der Waals surface area contributed by atoms with Crippen LogP contribution in [0.2, 0.25) is 0 Å². The van der Waals surface area contributed by atoms with Crippen LogP contribution >= 0.6 is 0 Å². The summed E-state index contributed by atoms with van der Waals surface area (Å²) in [5.41, 5.74) is -0.107. The number of carboxylic acids is 1. The van der Waals surface area contributed by atoms with Gasteiger partial charge in [-0.1, -0.05) is 0 Å². The van der Waals surface area contributed by atoms with Crippen LogP contribution in [0.25, 0.3) is 0 Å². The van der Waals surface area contributed by atoms with Crippen molar-refractivity contribution in [3.05, 3.63) is 35.4 Å². The van der Waals surface area contributed by atoms with Gasteiger partial charge in [-0.2, -0.15) is 0 Å². The Hall–Kier alpha value is -2.57. The fourth-order valence-electron chi connectivity index (χ4n) is 1.52. The highest BCUT2D eigenvalue weighted by Gasteiger charge is 2.15. The zero-order chi connectivity index (χ0) is 16.8. The number of alkyl carbamates (subject to hydrolysis) is 1. The van der Waals surface area contributed by atoms with Crippen molar-refractivity contribution >= 4 is 18.0 Å². The Morgan fingerprint density at radius 1 is 1.00 bits per heavy atom. The van der Waals surface area contributed by atoms with Gasteiger partial charge in [-0.05, 0) is 45.0 Å². The molecule has 22 heavy (non-hydrogen) atoms. The van der Waals surface area contributed by atoms with Crippen molar-refractivity contribution in [3.63, 3.8) is 0 Å². The van der Waals surface area contributed by atoms with Crippen molar-refractivity contribution in [1.82, 2.24) is 10.6 Å². The molecule has 0 atom stereocenters. The van der Waals surface area contributed by atoms with Crippen LogP contribution in [0, 0.1) is 0 Å². The maximum Gasteiger partial charge on any atom is 0.407 e. The van der Waals surface area contributed by atoms with Gasteiger partial charge in [0.15, 0.2) is 0 Å². The predicted molar refractivity (Wildman–Crippen MR) is 80.0 cm³/mol. The molecule has 0 saturated heterocycles. The zero-order valence-corrected chi connectivity index (χ0v) is 12.8. The number of carbonyl (C=O) groups is 3. The number of carbonyl (C=O) groups excluding carboxylic acids is 2. The van der Waals surface area contributed by atoms with Crippen LogP contribution < -0.4 is 10.6 Å². The molecule has 120 valence electrons. The molecule has 0 aromatic heterocycles. The first-order valence-corrected chi connectivity index (χ1v) is 6.77. The minimum atomic E-state index is -1.05. The molecule has 0 aliphatic rings. The van der Waals surface area contributed by atoms with E-state index in [9.17, 15) is 14.4 Å². The number of nitrogens with one attached hydrogen (secondary N) is 2. The third kappa shape index (κ3) is 6.25. The maximum atomic E-state index is 11.8. The van der Waals surface area contributed by atoms with Crippen LogP contribution in [0.3, 0.4) is 0 Å². The van der Waals surface area contributed by atoms with Gasteiger partial charge in [-0.25, -0.2) is 9.59 Å². The lowest BCUT2D eigenvalue weighted by atomic mass is 10.1. The van der Waals surface area contributed by atoms with Crippen LogP contribution in [0.5, 0.6) is 0 Å². The molecule has 0 unspecified atom stereocenters. The first-order valence-electron chi connectivity index (χ1n) is 6.77. The second kappa shape index (κ2) is 7.44. The van der Waals surface area contributed by atoms with E-state index in [4.69, 9.17) is 9.84 Å². The highest BCUT2D eigenvalue weighted by atomic mass is 16.6. The fourth-order valence-corrected chi connectivity index (χ4v) is 1.52. The SMILES string of the molecule is CC(C)(C)OC(=O)NCCNC(=O)c1ccc(C(=O)O)cc1. The highest BCUT2D eigenvalue weighted by Crippen LogP contribution is 2.06.